The maximum atomic E-state index is 6.01. The summed E-state index contributed by atoms with van der Waals surface area (Å²) in [4.78, 5) is 2.42. The van der Waals surface area contributed by atoms with Crippen LogP contribution in [0.1, 0.15) is 33.1 Å². The van der Waals surface area contributed by atoms with Crippen LogP contribution in [0.15, 0.2) is 0 Å². The van der Waals surface area contributed by atoms with Crippen molar-refractivity contribution in [2.24, 2.45) is 0 Å². The Morgan fingerprint density at radius 1 is 1.33 bits per heavy atom. The van der Waals surface area contributed by atoms with E-state index in [2.05, 4.69) is 31.1 Å². The molecule has 4 nitrogen and oxygen atoms in total. The zero-order valence-corrected chi connectivity index (χ0v) is 12.4. The molecule has 0 aromatic carbocycles. The third-order valence-electron chi connectivity index (χ3n) is 3.55. The molecule has 1 saturated heterocycles. The standard InChI is InChI=1S/C14H30N2O2/c1-12(2)15-9-14(11-17-4)18-10-13-7-5-6-8-16(13)3/h12-15H,5-11H2,1-4H3. The SMILES string of the molecule is COCC(CNC(C)C)OCC1CCCCN1C. The van der Waals surface area contributed by atoms with E-state index in [9.17, 15) is 0 Å². The number of ether oxygens (including phenoxy) is 2. The highest BCUT2D eigenvalue weighted by Gasteiger charge is 2.20. The zero-order chi connectivity index (χ0) is 13.4. The van der Waals surface area contributed by atoms with Gasteiger partial charge in [0.1, 0.15) is 0 Å². The number of likely N-dealkylation sites (N-methyl/N-ethyl adjacent to an activating group) is 1. The van der Waals surface area contributed by atoms with Gasteiger partial charge in [0.05, 0.1) is 19.3 Å². The monoisotopic (exact) mass is 258 g/mol. The van der Waals surface area contributed by atoms with E-state index in [1.54, 1.807) is 7.11 Å². The second kappa shape index (κ2) is 8.86. The third kappa shape index (κ3) is 6.14. The van der Waals surface area contributed by atoms with Gasteiger partial charge in [-0.05, 0) is 26.4 Å². The molecule has 1 N–H and O–H groups in total. The van der Waals surface area contributed by atoms with Gasteiger partial charge in [-0.25, -0.2) is 0 Å². The van der Waals surface area contributed by atoms with Gasteiger partial charge >= 0.3 is 0 Å². The second-order valence-electron chi connectivity index (χ2n) is 5.60. The molecule has 1 aliphatic heterocycles. The van der Waals surface area contributed by atoms with Crippen LogP contribution in [0.3, 0.4) is 0 Å². The third-order valence-corrected chi connectivity index (χ3v) is 3.55. The van der Waals surface area contributed by atoms with Gasteiger partial charge in [-0.1, -0.05) is 20.3 Å². The van der Waals surface area contributed by atoms with Crippen LogP contribution in [-0.4, -0.2) is 63.5 Å². The Morgan fingerprint density at radius 3 is 2.72 bits per heavy atom. The van der Waals surface area contributed by atoms with E-state index in [0.29, 0.717) is 18.7 Å². The zero-order valence-electron chi connectivity index (χ0n) is 12.4. The van der Waals surface area contributed by atoms with E-state index < -0.39 is 0 Å². The van der Waals surface area contributed by atoms with Crippen molar-refractivity contribution in [2.75, 3.05) is 40.5 Å². The number of nitrogens with one attached hydrogen (secondary N) is 1. The van der Waals surface area contributed by atoms with Crippen LogP contribution < -0.4 is 5.32 Å². The highest BCUT2D eigenvalue weighted by molar-refractivity contribution is 4.75. The van der Waals surface area contributed by atoms with E-state index in [0.717, 1.165) is 13.2 Å². The summed E-state index contributed by atoms with van der Waals surface area (Å²) in [5, 5.41) is 3.41. The minimum absolute atomic E-state index is 0.160. The quantitative estimate of drug-likeness (QED) is 0.715. The van der Waals surface area contributed by atoms with Crippen LogP contribution in [-0.2, 0) is 9.47 Å². The molecule has 0 aromatic heterocycles. The van der Waals surface area contributed by atoms with Gasteiger partial charge in [0.15, 0.2) is 0 Å². The summed E-state index contributed by atoms with van der Waals surface area (Å²) in [6.45, 7) is 7.85. The highest BCUT2D eigenvalue weighted by atomic mass is 16.5. The smallest absolute Gasteiger partial charge is 0.0933 e. The van der Waals surface area contributed by atoms with Gasteiger partial charge in [-0.2, -0.15) is 0 Å². The van der Waals surface area contributed by atoms with Crippen molar-refractivity contribution >= 4 is 0 Å². The Balaban J connectivity index is 2.26. The second-order valence-corrected chi connectivity index (χ2v) is 5.60. The molecule has 0 amide bonds. The van der Waals surface area contributed by atoms with Gasteiger partial charge < -0.3 is 19.7 Å². The summed E-state index contributed by atoms with van der Waals surface area (Å²) in [6, 6.07) is 1.07. The first-order chi connectivity index (χ1) is 8.63. The molecule has 108 valence electrons. The van der Waals surface area contributed by atoms with Crippen LogP contribution in [0.2, 0.25) is 0 Å². The van der Waals surface area contributed by atoms with E-state index >= 15 is 0 Å². The predicted octanol–water partition coefficient (Wildman–Crippen LogP) is 1.50. The largest absolute Gasteiger partial charge is 0.382 e. The molecular weight excluding hydrogens is 228 g/mol. The fourth-order valence-electron chi connectivity index (χ4n) is 2.32. The van der Waals surface area contributed by atoms with Crippen LogP contribution in [0, 0.1) is 0 Å². The minimum atomic E-state index is 0.160. The average molecular weight is 258 g/mol. The fourth-order valence-corrected chi connectivity index (χ4v) is 2.32. The molecule has 0 bridgehead atoms. The van der Waals surface area contributed by atoms with Gasteiger partial charge in [0, 0.05) is 25.7 Å². The van der Waals surface area contributed by atoms with Gasteiger partial charge in [-0.15, -0.1) is 0 Å². The van der Waals surface area contributed by atoms with Crippen molar-refractivity contribution in [3.8, 4) is 0 Å². The average Bonchev–Trinajstić information content (AvgIpc) is 2.34. The number of methoxy groups -OCH3 is 1. The topological polar surface area (TPSA) is 33.7 Å². The van der Waals surface area contributed by atoms with Crippen molar-refractivity contribution in [3.05, 3.63) is 0 Å². The first kappa shape index (κ1) is 15.9. The molecule has 4 heteroatoms. The van der Waals surface area contributed by atoms with Crippen LogP contribution in [0.4, 0.5) is 0 Å². The molecule has 1 fully saturated rings. The number of piperidine rings is 1. The molecule has 1 rings (SSSR count). The fraction of sp³-hybridized carbons (Fsp3) is 1.00. The Morgan fingerprint density at radius 2 is 2.11 bits per heavy atom. The first-order valence-electron chi connectivity index (χ1n) is 7.17. The van der Waals surface area contributed by atoms with Gasteiger partial charge in [-0.3, -0.25) is 0 Å². The lowest BCUT2D eigenvalue weighted by Gasteiger charge is -2.33. The Hall–Kier alpha value is -0.160. The lowest BCUT2D eigenvalue weighted by molar-refractivity contribution is -0.0304. The van der Waals surface area contributed by atoms with E-state index in [1.807, 2.05) is 0 Å². The maximum absolute atomic E-state index is 6.01. The molecule has 0 spiro atoms. The summed E-state index contributed by atoms with van der Waals surface area (Å²) >= 11 is 0. The van der Waals surface area contributed by atoms with Gasteiger partial charge in [0.2, 0.25) is 0 Å². The number of nitrogens with zero attached hydrogens (tertiary/aromatic N) is 1. The lowest BCUT2D eigenvalue weighted by atomic mass is 10.0. The number of rotatable bonds is 8. The number of hydrogen-bond acceptors (Lipinski definition) is 4. The van der Waals surface area contributed by atoms with Crippen molar-refractivity contribution < 1.29 is 9.47 Å². The lowest BCUT2D eigenvalue weighted by Crippen LogP contribution is -2.43. The molecule has 1 aliphatic rings. The molecule has 0 saturated carbocycles. The molecule has 2 unspecified atom stereocenters. The molecule has 0 radical (unpaired) electrons. The van der Waals surface area contributed by atoms with Crippen LogP contribution in [0.5, 0.6) is 0 Å². The normalized spacial score (nSPS) is 23.5. The summed E-state index contributed by atoms with van der Waals surface area (Å²) in [6.07, 6.45) is 4.07. The van der Waals surface area contributed by atoms with Crippen molar-refractivity contribution in [1.82, 2.24) is 10.2 Å². The summed E-state index contributed by atoms with van der Waals surface area (Å²) in [7, 11) is 3.93. The molecular formula is C14H30N2O2. The molecule has 18 heavy (non-hydrogen) atoms. The van der Waals surface area contributed by atoms with Crippen LogP contribution in [0.25, 0.3) is 0 Å². The summed E-state index contributed by atoms with van der Waals surface area (Å²) in [5.74, 6) is 0. The molecule has 0 aromatic rings. The Bertz CT molecular complexity index is 212. The van der Waals surface area contributed by atoms with Crippen LogP contribution >= 0.6 is 0 Å². The van der Waals surface area contributed by atoms with E-state index in [4.69, 9.17) is 9.47 Å². The predicted molar refractivity (Wildman–Crippen MR) is 75.0 cm³/mol. The number of hydrogen-bond donors (Lipinski definition) is 1. The van der Waals surface area contributed by atoms with Crippen molar-refractivity contribution in [3.63, 3.8) is 0 Å². The first-order valence-corrected chi connectivity index (χ1v) is 7.17. The molecule has 1 heterocycles. The maximum Gasteiger partial charge on any atom is 0.0933 e. The van der Waals surface area contributed by atoms with E-state index in [-0.39, 0.29) is 6.10 Å². The Labute approximate surface area is 112 Å². The van der Waals surface area contributed by atoms with Crippen molar-refractivity contribution in [2.45, 2.75) is 51.3 Å². The number of likely N-dealkylation sites (tertiary alicyclic amines) is 1. The van der Waals surface area contributed by atoms with Gasteiger partial charge in [0.25, 0.3) is 0 Å². The molecule has 2 atom stereocenters. The molecule has 0 aliphatic carbocycles. The highest BCUT2D eigenvalue weighted by Crippen LogP contribution is 2.15. The minimum Gasteiger partial charge on any atom is -0.382 e. The summed E-state index contributed by atoms with van der Waals surface area (Å²) < 4.78 is 11.2. The van der Waals surface area contributed by atoms with Crippen molar-refractivity contribution in [1.29, 1.82) is 0 Å². The Kier molecular flexibility index (Phi) is 7.82. The summed E-state index contributed by atoms with van der Waals surface area (Å²) in [5.41, 5.74) is 0. The van der Waals surface area contributed by atoms with E-state index in [1.165, 1.54) is 25.8 Å².